The Kier molecular flexibility index (Phi) is 6.98. The Labute approximate surface area is 92.1 Å². The quantitative estimate of drug-likeness (QED) is 0.502. The number of hydrogen-bond acceptors (Lipinski definition) is 1. The third-order valence-electron chi connectivity index (χ3n) is 2.06. The van der Waals surface area contributed by atoms with Gasteiger partial charge in [0.2, 0.25) is 5.91 Å². The van der Waals surface area contributed by atoms with Gasteiger partial charge in [0.25, 0.3) is 0 Å². The highest BCUT2D eigenvalue weighted by atomic mass is 16.1. The van der Waals surface area contributed by atoms with Crippen LogP contribution in [-0.4, -0.2) is 12.5 Å². The van der Waals surface area contributed by atoms with Gasteiger partial charge in [0, 0.05) is 12.1 Å². The molecule has 1 amide bonds. The van der Waals surface area contributed by atoms with Gasteiger partial charge >= 0.3 is 0 Å². The van der Waals surface area contributed by atoms with Crippen LogP contribution in [-0.2, 0) is 4.79 Å². The van der Waals surface area contributed by atoms with E-state index >= 15 is 0 Å². The first kappa shape index (κ1) is 13.4. The smallest absolute Gasteiger partial charge is 0.247 e. The van der Waals surface area contributed by atoms with Crippen molar-refractivity contribution in [2.24, 2.45) is 0 Å². The molecule has 0 unspecified atom stereocenters. The number of hydrogen-bond donors (Lipinski definition) is 1. The zero-order chi connectivity index (χ0) is 11.7. The molecule has 0 heterocycles. The van der Waals surface area contributed by atoms with Crippen molar-refractivity contribution >= 4 is 5.91 Å². The van der Waals surface area contributed by atoms with Gasteiger partial charge in [-0.25, -0.2) is 0 Å². The SMILES string of the molecule is C=CCNC(=O)C(C)=C(CC=C)CC=C. The number of rotatable bonds is 7. The van der Waals surface area contributed by atoms with Crippen molar-refractivity contribution in [3.05, 3.63) is 49.1 Å². The molecule has 0 saturated carbocycles. The van der Waals surface area contributed by atoms with Gasteiger partial charge in [-0.1, -0.05) is 23.8 Å². The Morgan fingerprint density at radius 1 is 1.13 bits per heavy atom. The van der Waals surface area contributed by atoms with E-state index in [1.54, 1.807) is 18.2 Å². The van der Waals surface area contributed by atoms with Crippen molar-refractivity contribution < 1.29 is 4.79 Å². The van der Waals surface area contributed by atoms with E-state index in [4.69, 9.17) is 0 Å². The minimum atomic E-state index is -0.0476. The molecule has 0 aromatic rings. The molecular weight excluding hydrogens is 186 g/mol. The Morgan fingerprint density at radius 3 is 2.07 bits per heavy atom. The minimum absolute atomic E-state index is 0.0476. The van der Waals surface area contributed by atoms with Crippen molar-refractivity contribution in [2.45, 2.75) is 19.8 Å². The second-order valence-corrected chi connectivity index (χ2v) is 3.21. The van der Waals surface area contributed by atoms with Crippen LogP contribution in [0.4, 0.5) is 0 Å². The lowest BCUT2D eigenvalue weighted by molar-refractivity contribution is -0.117. The molecule has 0 aliphatic rings. The fourth-order valence-electron chi connectivity index (χ4n) is 1.20. The molecule has 0 rings (SSSR count). The summed E-state index contributed by atoms with van der Waals surface area (Å²) in [5, 5.41) is 2.75. The first-order chi connectivity index (χ1) is 7.17. The molecule has 0 aromatic carbocycles. The monoisotopic (exact) mass is 205 g/mol. The average Bonchev–Trinajstić information content (AvgIpc) is 2.24. The molecule has 82 valence electrons. The maximum absolute atomic E-state index is 11.6. The van der Waals surface area contributed by atoms with Gasteiger partial charge in [-0.3, -0.25) is 4.79 Å². The highest BCUT2D eigenvalue weighted by molar-refractivity contribution is 5.93. The molecule has 0 aliphatic heterocycles. The second-order valence-electron chi connectivity index (χ2n) is 3.21. The van der Waals surface area contributed by atoms with Gasteiger partial charge in [0.1, 0.15) is 0 Å². The molecule has 1 N–H and O–H groups in total. The van der Waals surface area contributed by atoms with Gasteiger partial charge in [-0.05, 0) is 19.8 Å². The molecule has 2 heteroatoms. The average molecular weight is 205 g/mol. The molecule has 0 bridgehead atoms. The minimum Gasteiger partial charge on any atom is -0.349 e. The molecule has 0 aliphatic carbocycles. The van der Waals surface area contributed by atoms with E-state index in [2.05, 4.69) is 25.1 Å². The zero-order valence-electron chi connectivity index (χ0n) is 9.38. The lowest BCUT2D eigenvalue weighted by Crippen LogP contribution is -2.24. The molecule has 0 aromatic heterocycles. The Balaban J connectivity index is 4.64. The van der Waals surface area contributed by atoms with E-state index in [-0.39, 0.29) is 5.91 Å². The largest absolute Gasteiger partial charge is 0.349 e. The normalized spacial score (nSPS) is 8.87. The molecular formula is C13H19NO. The second kappa shape index (κ2) is 7.80. The fourth-order valence-corrected chi connectivity index (χ4v) is 1.20. The van der Waals surface area contributed by atoms with Crippen LogP contribution in [0.3, 0.4) is 0 Å². The molecule has 15 heavy (non-hydrogen) atoms. The van der Waals surface area contributed by atoms with Crippen molar-refractivity contribution in [3.8, 4) is 0 Å². The summed E-state index contributed by atoms with van der Waals surface area (Å²) in [6.07, 6.45) is 6.69. The van der Waals surface area contributed by atoms with Crippen LogP contribution < -0.4 is 5.32 Å². The van der Waals surface area contributed by atoms with Crippen molar-refractivity contribution in [1.82, 2.24) is 5.32 Å². The third kappa shape index (κ3) is 5.01. The highest BCUT2D eigenvalue weighted by Crippen LogP contribution is 2.14. The molecule has 0 spiro atoms. The zero-order valence-corrected chi connectivity index (χ0v) is 9.38. The van der Waals surface area contributed by atoms with Crippen molar-refractivity contribution in [1.29, 1.82) is 0 Å². The van der Waals surface area contributed by atoms with E-state index in [1.165, 1.54) is 0 Å². The van der Waals surface area contributed by atoms with E-state index in [0.29, 0.717) is 6.54 Å². The summed E-state index contributed by atoms with van der Waals surface area (Å²) < 4.78 is 0. The number of nitrogens with one attached hydrogen (secondary N) is 1. The molecule has 2 nitrogen and oxygen atoms in total. The summed E-state index contributed by atoms with van der Waals surface area (Å²) in [7, 11) is 0. The van der Waals surface area contributed by atoms with Crippen LogP contribution in [0.2, 0.25) is 0 Å². The van der Waals surface area contributed by atoms with E-state index < -0.39 is 0 Å². The maximum Gasteiger partial charge on any atom is 0.247 e. The van der Waals surface area contributed by atoms with E-state index in [1.807, 2.05) is 6.92 Å². The standard InChI is InChI=1S/C13H19NO/c1-5-8-12(9-6-2)11(4)13(15)14-10-7-3/h5-7H,1-3,8-10H2,4H3,(H,14,15). The van der Waals surface area contributed by atoms with Crippen molar-refractivity contribution in [3.63, 3.8) is 0 Å². The predicted octanol–water partition coefficient (Wildman–Crippen LogP) is 2.76. The van der Waals surface area contributed by atoms with Crippen LogP contribution in [0.1, 0.15) is 19.8 Å². The summed E-state index contributed by atoms with van der Waals surface area (Å²) in [4.78, 5) is 11.6. The summed E-state index contributed by atoms with van der Waals surface area (Å²) in [5.74, 6) is -0.0476. The van der Waals surface area contributed by atoms with Gasteiger partial charge in [0.05, 0.1) is 0 Å². The topological polar surface area (TPSA) is 29.1 Å². The molecule has 0 saturated heterocycles. The summed E-state index contributed by atoms with van der Waals surface area (Å²) in [6.45, 7) is 13.2. The molecule has 0 radical (unpaired) electrons. The van der Waals surface area contributed by atoms with E-state index in [0.717, 1.165) is 24.0 Å². The van der Waals surface area contributed by atoms with Gasteiger partial charge in [-0.2, -0.15) is 0 Å². The van der Waals surface area contributed by atoms with Crippen LogP contribution >= 0.6 is 0 Å². The van der Waals surface area contributed by atoms with E-state index in [9.17, 15) is 4.79 Å². The maximum atomic E-state index is 11.6. The first-order valence-corrected chi connectivity index (χ1v) is 4.96. The number of allylic oxidation sites excluding steroid dienone is 3. The highest BCUT2D eigenvalue weighted by Gasteiger charge is 2.07. The van der Waals surface area contributed by atoms with Gasteiger partial charge < -0.3 is 5.32 Å². The molecule has 0 fully saturated rings. The lowest BCUT2D eigenvalue weighted by Gasteiger charge is -2.08. The third-order valence-corrected chi connectivity index (χ3v) is 2.06. The van der Waals surface area contributed by atoms with Gasteiger partial charge in [-0.15, -0.1) is 19.7 Å². The Bertz CT molecular complexity index is 275. The van der Waals surface area contributed by atoms with Crippen LogP contribution in [0.5, 0.6) is 0 Å². The Morgan fingerprint density at radius 2 is 1.67 bits per heavy atom. The first-order valence-electron chi connectivity index (χ1n) is 4.96. The predicted molar refractivity (Wildman–Crippen MR) is 65.5 cm³/mol. The lowest BCUT2D eigenvalue weighted by atomic mass is 10.0. The van der Waals surface area contributed by atoms with Crippen LogP contribution in [0.25, 0.3) is 0 Å². The van der Waals surface area contributed by atoms with Crippen LogP contribution in [0, 0.1) is 0 Å². The fraction of sp³-hybridized carbons (Fsp3) is 0.308. The van der Waals surface area contributed by atoms with Gasteiger partial charge in [0.15, 0.2) is 0 Å². The summed E-state index contributed by atoms with van der Waals surface area (Å²) in [6, 6.07) is 0. The summed E-state index contributed by atoms with van der Waals surface area (Å²) >= 11 is 0. The number of amides is 1. The number of carbonyl (C=O) groups excluding carboxylic acids is 1. The molecule has 0 atom stereocenters. The Hall–Kier alpha value is -1.57. The number of carbonyl (C=O) groups is 1. The van der Waals surface area contributed by atoms with Crippen LogP contribution in [0.15, 0.2) is 49.1 Å². The van der Waals surface area contributed by atoms with Crippen molar-refractivity contribution in [2.75, 3.05) is 6.54 Å². The summed E-state index contributed by atoms with van der Waals surface area (Å²) in [5.41, 5.74) is 1.80.